The lowest BCUT2D eigenvalue weighted by Crippen LogP contribution is -2.44. The molecule has 2 aromatic rings. The molecule has 2 aliphatic rings. The van der Waals surface area contributed by atoms with Crippen molar-refractivity contribution in [1.29, 1.82) is 0 Å². The molecule has 5 heteroatoms. The van der Waals surface area contributed by atoms with Crippen LogP contribution in [0.2, 0.25) is 0 Å². The number of aromatic nitrogens is 2. The van der Waals surface area contributed by atoms with Gasteiger partial charge in [0.1, 0.15) is 23.7 Å². The second kappa shape index (κ2) is 5.96. The first kappa shape index (κ1) is 15.2. The number of carbonyl (C=O) groups is 1. The largest absolute Gasteiger partial charge is 0.487 e. The zero-order valence-corrected chi connectivity index (χ0v) is 14.0. The van der Waals surface area contributed by atoms with Crippen LogP contribution in [0.5, 0.6) is 5.75 Å². The van der Waals surface area contributed by atoms with Crippen LogP contribution in [0.3, 0.4) is 0 Å². The molecule has 126 valence electrons. The molecule has 1 saturated carbocycles. The minimum absolute atomic E-state index is 0.0179. The number of benzene rings is 1. The Bertz CT molecular complexity index is 747. The molecule has 0 saturated heterocycles. The first-order chi connectivity index (χ1) is 11.7. The molecule has 1 aliphatic heterocycles. The lowest BCUT2D eigenvalue weighted by atomic mass is 9.86. The van der Waals surface area contributed by atoms with E-state index in [-0.39, 0.29) is 17.6 Å². The minimum atomic E-state index is -0.1000. The number of nitrogens with one attached hydrogen (secondary N) is 1. The van der Waals surface area contributed by atoms with Crippen LogP contribution in [0.1, 0.15) is 49.5 Å². The predicted octanol–water partition coefficient (Wildman–Crippen LogP) is 3.14. The van der Waals surface area contributed by atoms with Crippen molar-refractivity contribution in [3.63, 3.8) is 0 Å². The summed E-state index contributed by atoms with van der Waals surface area (Å²) in [5.41, 5.74) is 0.989. The summed E-state index contributed by atoms with van der Waals surface area (Å²) < 4.78 is 8.22. The van der Waals surface area contributed by atoms with Crippen molar-refractivity contribution < 1.29 is 9.53 Å². The molecule has 1 amide bonds. The van der Waals surface area contributed by atoms with E-state index in [1.807, 2.05) is 35.9 Å². The molecule has 1 unspecified atom stereocenters. The SMILES string of the molecule is Cc1nccn1CC(=O)NC1CC2(CCCC2)Oc2ccccc21. The van der Waals surface area contributed by atoms with Crippen molar-refractivity contribution in [3.05, 3.63) is 48.0 Å². The first-order valence-electron chi connectivity index (χ1n) is 8.70. The molecular formula is C19H23N3O2. The quantitative estimate of drug-likeness (QED) is 0.943. The number of aryl methyl sites for hydroxylation is 1. The molecule has 4 rings (SSSR count). The smallest absolute Gasteiger partial charge is 0.240 e. The molecule has 2 heterocycles. The van der Waals surface area contributed by atoms with Crippen molar-refractivity contribution >= 4 is 5.91 Å². The minimum Gasteiger partial charge on any atom is -0.487 e. The highest BCUT2D eigenvalue weighted by atomic mass is 16.5. The summed E-state index contributed by atoms with van der Waals surface area (Å²) in [4.78, 5) is 16.7. The van der Waals surface area contributed by atoms with Crippen molar-refractivity contribution in [1.82, 2.24) is 14.9 Å². The zero-order chi connectivity index (χ0) is 16.6. The van der Waals surface area contributed by atoms with E-state index in [9.17, 15) is 4.79 Å². The molecule has 1 fully saturated rings. The van der Waals surface area contributed by atoms with Crippen LogP contribution in [-0.4, -0.2) is 21.1 Å². The van der Waals surface area contributed by atoms with E-state index in [0.29, 0.717) is 6.54 Å². The molecule has 1 aliphatic carbocycles. The fourth-order valence-electron chi connectivity index (χ4n) is 4.04. The van der Waals surface area contributed by atoms with E-state index in [0.717, 1.165) is 36.4 Å². The Morgan fingerprint density at radius 3 is 2.92 bits per heavy atom. The number of hydrogen-bond donors (Lipinski definition) is 1. The summed E-state index contributed by atoms with van der Waals surface area (Å²) in [7, 11) is 0. The lowest BCUT2D eigenvalue weighted by molar-refractivity contribution is -0.123. The van der Waals surface area contributed by atoms with E-state index in [1.165, 1.54) is 12.8 Å². The monoisotopic (exact) mass is 325 g/mol. The van der Waals surface area contributed by atoms with Gasteiger partial charge in [0.2, 0.25) is 5.91 Å². The molecule has 1 spiro atoms. The van der Waals surface area contributed by atoms with E-state index in [4.69, 9.17) is 4.74 Å². The van der Waals surface area contributed by atoms with Crippen molar-refractivity contribution in [2.45, 2.75) is 57.2 Å². The van der Waals surface area contributed by atoms with Crippen molar-refractivity contribution in [2.75, 3.05) is 0 Å². The second-order valence-corrected chi connectivity index (χ2v) is 6.96. The van der Waals surface area contributed by atoms with Gasteiger partial charge in [0.05, 0.1) is 6.04 Å². The van der Waals surface area contributed by atoms with Crippen LogP contribution in [-0.2, 0) is 11.3 Å². The molecule has 24 heavy (non-hydrogen) atoms. The Hall–Kier alpha value is -2.30. The highest BCUT2D eigenvalue weighted by Crippen LogP contribution is 2.46. The fraction of sp³-hybridized carbons (Fsp3) is 0.474. The molecule has 0 radical (unpaired) electrons. The standard InChI is InChI=1S/C19H23N3O2/c1-14-20-10-11-22(14)13-18(23)21-16-12-19(8-4-5-9-19)24-17-7-3-2-6-15(16)17/h2-3,6-7,10-11,16H,4-5,8-9,12-13H2,1H3,(H,21,23). The third-order valence-electron chi connectivity index (χ3n) is 5.28. The van der Waals surface area contributed by atoms with Crippen LogP contribution in [0, 0.1) is 6.92 Å². The van der Waals surface area contributed by atoms with Gasteiger partial charge in [-0.1, -0.05) is 18.2 Å². The molecular weight excluding hydrogens is 302 g/mol. The van der Waals surface area contributed by atoms with Crippen LogP contribution < -0.4 is 10.1 Å². The van der Waals surface area contributed by atoms with Gasteiger partial charge in [-0.3, -0.25) is 4.79 Å². The van der Waals surface area contributed by atoms with Crippen LogP contribution in [0.4, 0.5) is 0 Å². The van der Waals surface area contributed by atoms with Gasteiger partial charge < -0.3 is 14.6 Å². The van der Waals surface area contributed by atoms with Gasteiger partial charge in [0.25, 0.3) is 0 Å². The van der Waals surface area contributed by atoms with Crippen molar-refractivity contribution in [2.24, 2.45) is 0 Å². The van der Waals surface area contributed by atoms with Gasteiger partial charge >= 0.3 is 0 Å². The number of amides is 1. The summed E-state index contributed by atoms with van der Waals surface area (Å²) in [6.45, 7) is 2.21. The van der Waals surface area contributed by atoms with Crippen LogP contribution in [0.25, 0.3) is 0 Å². The topological polar surface area (TPSA) is 56.2 Å². The van der Waals surface area contributed by atoms with Gasteiger partial charge in [-0.2, -0.15) is 0 Å². The molecule has 5 nitrogen and oxygen atoms in total. The molecule has 1 aromatic heterocycles. The summed E-state index contributed by atoms with van der Waals surface area (Å²) in [6, 6.07) is 8.11. The van der Waals surface area contributed by atoms with Crippen LogP contribution in [0.15, 0.2) is 36.7 Å². The Kier molecular flexibility index (Phi) is 3.79. The Morgan fingerprint density at radius 1 is 1.38 bits per heavy atom. The molecule has 1 atom stereocenters. The Balaban J connectivity index is 1.55. The third kappa shape index (κ3) is 2.79. The summed E-state index contributed by atoms with van der Waals surface area (Å²) >= 11 is 0. The van der Waals surface area contributed by atoms with E-state index in [1.54, 1.807) is 6.20 Å². The number of hydrogen-bond acceptors (Lipinski definition) is 3. The van der Waals surface area contributed by atoms with Gasteiger partial charge in [-0.05, 0) is 38.7 Å². The first-order valence-corrected chi connectivity index (χ1v) is 8.70. The second-order valence-electron chi connectivity index (χ2n) is 6.96. The molecule has 1 aromatic carbocycles. The highest BCUT2D eigenvalue weighted by Gasteiger charge is 2.43. The van der Waals surface area contributed by atoms with Crippen LogP contribution >= 0.6 is 0 Å². The summed E-state index contributed by atoms with van der Waals surface area (Å²) in [5, 5.41) is 3.22. The number of para-hydroxylation sites is 1. The van der Waals surface area contributed by atoms with Crippen molar-refractivity contribution in [3.8, 4) is 5.75 Å². The lowest BCUT2D eigenvalue weighted by Gasteiger charge is -2.40. The van der Waals surface area contributed by atoms with Gasteiger partial charge in [-0.25, -0.2) is 4.98 Å². The maximum atomic E-state index is 12.5. The fourth-order valence-corrected chi connectivity index (χ4v) is 4.04. The maximum absolute atomic E-state index is 12.5. The van der Waals surface area contributed by atoms with E-state index in [2.05, 4.69) is 16.4 Å². The molecule has 0 bridgehead atoms. The molecule has 1 N–H and O–H groups in total. The normalized spacial score (nSPS) is 21.3. The van der Waals surface area contributed by atoms with E-state index >= 15 is 0 Å². The Labute approximate surface area is 142 Å². The zero-order valence-electron chi connectivity index (χ0n) is 14.0. The average Bonchev–Trinajstić information content (AvgIpc) is 3.17. The number of carbonyl (C=O) groups excluding carboxylic acids is 1. The number of nitrogens with zero attached hydrogens (tertiary/aromatic N) is 2. The number of rotatable bonds is 3. The number of imidazole rings is 1. The summed E-state index contributed by atoms with van der Waals surface area (Å²) in [5.74, 6) is 1.80. The third-order valence-corrected chi connectivity index (χ3v) is 5.28. The maximum Gasteiger partial charge on any atom is 0.240 e. The summed E-state index contributed by atoms with van der Waals surface area (Å²) in [6.07, 6.45) is 8.99. The highest BCUT2D eigenvalue weighted by molar-refractivity contribution is 5.76. The number of ether oxygens (including phenoxy) is 1. The van der Waals surface area contributed by atoms with Gasteiger partial charge in [-0.15, -0.1) is 0 Å². The van der Waals surface area contributed by atoms with E-state index < -0.39 is 0 Å². The predicted molar refractivity (Wildman–Crippen MR) is 90.7 cm³/mol. The average molecular weight is 325 g/mol. The van der Waals surface area contributed by atoms with Gasteiger partial charge in [0.15, 0.2) is 0 Å². The van der Waals surface area contributed by atoms with Gasteiger partial charge in [0, 0.05) is 24.4 Å². The Morgan fingerprint density at radius 2 is 2.17 bits per heavy atom. The number of fused-ring (bicyclic) bond motifs is 1.